The fraction of sp³-hybridized carbons (Fsp3) is 0.238. The molecule has 0 saturated carbocycles. The highest BCUT2D eigenvalue weighted by molar-refractivity contribution is 6.01. The van der Waals surface area contributed by atoms with Gasteiger partial charge in [-0.2, -0.15) is 0 Å². The van der Waals surface area contributed by atoms with Crippen LogP contribution in [0.3, 0.4) is 0 Å². The molecule has 8 nitrogen and oxygen atoms in total. The van der Waals surface area contributed by atoms with E-state index in [1.54, 1.807) is 24.1 Å². The Kier molecular flexibility index (Phi) is 4.75. The molecule has 4 rings (SSSR count). The molecule has 2 aliphatic rings. The zero-order chi connectivity index (χ0) is 20.5. The van der Waals surface area contributed by atoms with Crippen molar-refractivity contribution in [1.82, 2.24) is 15.1 Å². The molecule has 0 spiro atoms. The molecule has 1 atom stereocenters. The highest BCUT2D eigenvalue weighted by Gasteiger charge is 2.42. The summed E-state index contributed by atoms with van der Waals surface area (Å²) in [6, 6.07) is 14.9. The van der Waals surface area contributed by atoms with Gasteiger partial charge in [-0.1, -0.05) is 42.5 Å². The summed E-state index contributed by atoms with van der Waals surface area (Å²) < 4.78 is 0. The van der Waals surface area contributed by atoms with Crippen LogP contribution in [0.4, 0.5) is 10.5 Å². The summed E-state index contributed by atoms with van der Waals surface area (Å²) in [4.78, 5) is 39.4. The van der Waals surface area contributed by atoms with Crippen molar-refractivity contribution in [3.8, 4) is 0 Å². The fourth-order valence-corrected chi connectivity index (χ4v) is 3.78. The van der Waals surface area contributed by atoms with Crippen LogP contribution in [-0.2, 0) is 11.2 Å². The Bertz CT molecular complexity index is 1020. The molecule has 1 unspecified atom stereocenters. The number of carbonyl (C=O) groups excluding carboxylic acids is 2. The summed E-state index contributed by atoms with van der Waals surface area (Å²) in [5, 5.41) is 13.9. The number of hydrogen-bond acceptors (Lipinski definition) is 4. The Hall–Kier alpha value is -3.68. The number of rotatable bonds is 5. The molecular weight excluding hydrogens is 372 g/mol. The van der Waals surface area contributed by atoms with Crippen LogP contribution in [0.1, 0.15) is 17.2 Å². The molecule has 0 saturated heterocycles. The van der Waals surface area contributed by atoms with E-state index in [0.717, 1.165) is 5.56 Å². The normalized spacial score (nSPS) is 18.7. The lowest BCUT2D eigenvalue weighted by Crippen LogP contribution is -2.45. The zero-order valence-electron chi connectivity index (χ0n) is 15.9. The molecular formula is C21H20N4O4. The predicted molar refractivity (Wildman–Crippen MR) is 106 cm³/mol. The largest absolute Gasteiger partial charge is 0.333 e. The number of likely N-dealkylation sites (N-methyl/N-ethyl adjacent to an activating group) is 1. The summed E-state index contributed by atoms with van der Waals surface area (Å²) in [5.74, 6) is -0.153. The van der Waals surface area contributed by atoms with Crippen LogP contribution < -0.4 is 5.32 Å². The standard InChI is InChI=1S/C21H20N4O4/c1-23-17-13-24(11-10-14-6-3-2-4-7-14)20(26)18(17)19(22-21(23)27)15-8-5-9-16(12-15)25(28)29/h2-9,12,19H,10-11,13H2,1H3,(H,22,27). The number of nitrogens with zero attached hydrogens (tertiary/aromatic N) is 3. The maximum atomic E-state index is 13.2. The van der Waals surface area contributed by atoms with Crippen LogP contribution in [0.2, 0.25) is 0 Å². The van der Waals surface area contributed by atoms with Crippen molar-refractivity contribution in [2.75, 3.05) is 20.1 Å². The second-order valence-electron chi connectivity index (χ2n) is 7.12. The van der Waals surface area contributed by atoms with Crippen molar-refractivity contribution in [1.29, 1.82) is 0 Å². The number of benzene rings is 2. The van der Waals surface area contributed by atoms with Crippen LogP contribution in [0.25, 0.3) is 0 Å². The molecule has 0 aromatic heterocycles. The molecule has 2 aromatic carbocycles. The van der Waals surface area contributed by atoms with Crippen LogP contribution in [0.5, 0.6) is 0 Å². The van der Waals surface area contributed by atoms with Gasteiger partial charge in [-0.15, -0.1) is 0 Å². The lowest BCUT2D eigenvalue weighted by molar-refractivity contribution is -0.384. The molecule has 2 aromatic rings. The molecule has 29 heavy (non-hydrogen) atoms. The number of amides is 3. The molecule has 2 aliphatic heterocycles. The number of non-ortho nitro benzene ring substituents is 1. The van der Waals surface area contributed by atoms with Gasteiger partial charge >= 0.3 is 6.03 Å². The third-order valence-electron chi connectivity index (χ3n) is 5.36. The molecule has 148 valence electrons. The van der Waals surface area contributed by atoms with Crippen molar-refractivity contribution in [3.63, 3.8) is 0 Å². The third-order valence-corrected chi connectivity index (χ3v) is 5.36. The van der Waals surface area contributed by atoms with Gasteiger partial charge in [-0.05, 0) is 17.5 Å². The average Bonchev–Trinajstić information content (AvgIpc) is 3.06. The lowest BCUT2D eigenvalue weighted by atomic mass is 9.95. The van der Waals surface area contributed by atoms with Crippen LogP contribution in [-0.4, -0.2) is 46.8 Å². The van der Waals surface area contributed by atoms with Gasteiger partial charge in [0.1, 0.15) is 0 Å². The quantitative estimate of drug-likeness (QED) is 0.625. The lowest BCUT2D eigenvalue weighted by Gasteiger charge is -2.31. The van der Waals surface area contributed by atoms with E-state index in [4.69, 9.17) is 0 Å². The number of urea groups is 1. The first-order valence-electron chi connectivity index (χ1n) is 9.30. The second-order valence-corrected chi connectivity index (χ2v) is 7.12. The fourth-order valence-electron chi connectivity index (χ4n) is 3.78. The summed E-state index contributed by atoms with van der Waals surface area (Å²) in [6.45, 7) is 0.871. The number of nitro groups is 1. The number of nitrogens with one attached hydrogen (secondary N) is 1. The van der Waals surface area contributed by atoms with E-state index in [-0.39, 0.29) is 17.6 Å². The topological polar surface area (TPSA) is 95.8 Å². The Labute approximate surface area is 167 Å². The highest BCUT2D eigenvalue weighted by Crippen LogP contribution is 2.36. The third kappa shape index (κ3) is 3.44. The monoisotopic (exact) mass is 392 g/mol. The molecule has 8 heteroatoms. The van der Waals surface area contributed by atoms with Gasteiger partial charge in [0.25, 0.3) is 11.6 Å². The van der Waals surface area contributed by atoms with Crippen molar-refractivity contribution in [2.45, 2.75) is 12.5 Å². The smallest absolute Gasteiger partial charge is 0.322 e. The van der Waals surface area contributed by atoms with Crippen LogP contribution in [0.15, 0.2) is 65.9 Å². The first-order valence-corrected chi connectivity index (χ1v) is 9.30. The Morgan fingerprint density at radius 3 is 2.62 bits per heavy atom. The molecule has 3 amide bonds. The predicted octanol–water partition coefficient (Wildman–Crippen LogP) is 2.63. The zero-order valence-corrected chi connectivity index (χ0v) is 15.9. The highest BCUT2D eigenvalue weighted by atomic mass is 16.6. The summed E-state index contributed by atoms with van der Waals surface area (Å²) in [6.07, 6.45) is 0.708. The number of nitro benzene ring substituents is 1. The van der Waals surface area contributed by atoms with Crippen molar-refractivity contribution >= 4 is 17.6 Å². The SMILES string of the molecule is CN1C(=O)NC(c2cccc([N+](=O)[O-])c2)C2=C1CN(CCc1ccccc1)C2=O. The van der Waals surface area contributed by atoms with Crippen molar-refractivity contribution < 1.29 is 14.5 Å². The minimum atomic E-state index is -0.706. The minimum absolute atomic E-state index is 0.0794. The summed E-state index contributed by atoms with van der Waals surface area (Å²) >= 11 is 0. The minimum Gasteiger partial charge on any atom is -0.333 e. The van der Waals surface area contributed by atoms with Gasteiger partial charge < -0.3 is 10.2 Å². The maximum absolute atomic E-state index is 13.2. The maximum Gasteiger partial charge on any atom is 0.322 e. The van der Waals surface area contributed by atoms with E-state index in [0.29, 0.717) is 36.3 Å². The van der Waals surface area contributed by atoms with Gasteiger partial charge in [0.05, 0.1) is 28.8 Å². The van der Waals surface area contributed by atoms with Gasteiger partial charge in [-0.3, -0.25) is 19.8 Å². The van der Waals surface area contributed by atoms with E-state index >= 15 is 0 Å². The van der Waals surface area contributed by atoms with E-state index in [2.05, 4.69) is 5.32 Å². The van der Waals surface area contributed by atoms with Crippen LogP contribution in [0, 0.1) is 10.1 Å². The molecule has 2 heterocycles. The second kappa shape index (κ2) is 7.38. The van der Waals surface area contributed by atoms with Gasteiger partial charge in [-0.25, -0.2) is 4.79 Å². The van der Waals surface area contributed by atoms with Crippen molar-refractivity contribution in [3.05, 3.63) is 87.1 Å². The number of carbonyl (C=O) groups is 2. The first kappa shape index (κ1) is 18.7. The van der Waals surface area contributed by atoms with E-state index in [1.165, 1.54) is 17.0 Å². The van der Waals surface area contributed by atoms with Crippen LogP contribution >= 0.6 is 0 Å². The Morgan fingerprint density at radius 1 is 1.14 bits per heavy atom. The van der Waals surface area contributed by atoms with Gasteiger partial charge in [0, 0.05) is 25.7 Å². The summed E-state index contributed by atoms with van der Waals surface area (Å²) in [5.41, 5.74) is 2.68. The van der Waals surface area contributed by atoms with E-state index in [1.807, 2.05) is 30.3 Å². The number of hydrogen-bond donors (Lipinski definition) is 1. The van der Waals surface area contributed by atoms with Gasteiger partial charge in [0.2, 0.25) is 0 Å². The summed E-state index contributed by atoms with van der Waals surface area (Å²) in [7, 11) is 1.63. The Morgan fingerprint density at radius 2 is 1.90 bits per heavy atom. The van der Waals surface area contributed by atoms with E-state index in [9.17, 15) is 19.7 Å². The first-order chi connectivity index (χ1) is 14.0. The molecule has 1 N–H and O–H groups in total. The average molecular weight is 392 g/mol. The molecule has 0 fully saturated rings. The van der Waals surface area contributed by atoms with Gasteiger partial charge in [0.15, 0.2) is 0 Å². The van der Waals surface area contributed by atoms with Crippen molar-refractivity contribution in [2.24, 2.45) is 0 Å². The molecule has 0 radical (unpaired) electrons. The Balaban J connectivity index is 1.62. The molecule has 0 aliphatic carbocycles. The molecule has 0 bridgehead atoms. The van der Waals surface area contributed by atoms with E-state index < -0.39 is 11.0 Å².